The number of aromatic nitrogens is 2. The van der Waals surface area contributed by atoms with Crippen LogP contribution < -0.4 is 5.32 Å². The molecule has 3 rings (SSSR count). The Morgan fingerprint density at radius 3 is 2.71 bits per heavy atom. The molecular weight excluding hydrogens is 269 g/mol. The summed E-state index contributed by atoms with van der Waals surface area (Å²) in [5, 5.41) is 2.70. The van der Waals surface area contributed by atoms with Gasteiger partial charge < -0.3 is 5.32 Å². The largest absolute Gasteiger partial charge is 0.346 e. The first kappa shape index (κ1) is 13.2. The summed E-state index contributed by atoms with van der Waals surface area (Å²) in [6.45, 7) is 0.243. The molecule has 0 unspecified atom stereocenters. The van der Waals surface area contributed by atoms with Crippen LogP contribution >= 0.6 is 0 Å². The van der Waals surface area contributed by atoms with E-state index in [1.165, 1.54) is 18.2 Å². The predicted octanol–water partition coefficient (Wildman–Crippen LogP) is 2.70. The van der Waals surface area contributed by atoms with Crippen LogP contribution in [0.25, 0.3) is 11.0 Å². The third-order valence-electron chi connectivity index (χ3n) is 3.02. The Kier molecular flexibility index (Phi) is 3.55. The molecule has 104 valence electrons. The number of benzene rings is 2. The van der Waals surface area contributed by atoms with Gasteiger partial charge in [0.25, 0.3) is 5.91 Å². The first-order valence-electron chi connectivity index (χ1n) is 6.47. The van der Waals surface area contributed by atoms with Crippen molar-refractivity contribution < 1.29 is 9.18 Å². The molecule has 4 nitrogen and oxygen atoms in total. The summed E-state index contributed by atoms with van der Waals surface area (Å²) < 4.78 is 13.1. The standard InChI is InChI=1S/C16H12FN3O/c17-12-5-3-4-11(8-12)16(21)19-10-13-9-18-14-6-1-2-7-15(14)20-13/h1-9H,10H2,(H,19,21). The van der Waals surface area contributed by atoms with E-state index in [1.807, 2.05) is 24.3 Å². The molecule has 1 N–H and O–H groups in total. The Hall–Kier alpha value is -2.82. The van der Waals surface area contributed by atoms with E-state index >= 15 is 0 Å². The number of para-hydroxylation sites is 2. The molecule has 0 saturated heterocycles. The zero-order valence-electron chi connectivity index (χ0n) is 11.1. The van der Waals surface area contributed by atoms with E-state index in [0.717, 1.165) is 11.0 Å². The van der Waals surface area contributed by atoms with Gasteiger partial charge >= 0.3 is 0 Å². The summed E-state index contributed by atoms with van der Waals surface area (Å²) in [6.07, 6.45) is 1.62. The predicted molar refractivity (Wildman–Crippen MR) is 77.1 cm³/mol. The van der Waals surface area contributed by atoms with E-state index in [0.29, 0.717) is 5.69 Å². The average Bonchev–Trinajstić information content (AvgIpc) is 2.52. The molecule has 1 aromatic heterocycles. The van der Waals surface area contributed by atoms with Gasteiger partial charge in [-0.05, 0) is 30.3 Å². The molecule has 0 atom stereocenters. The molecule has 0 aliphatic rings. The molecule has 3 aromatic rings. The number of halogens is 1. The second kappa shape index (κ2) is 5.66. The zero-order valence-corrected chi connectivity index (χ0v) is 11.1. The van der Waals surface area contributed by atoms with Crippen LogP contribution in [-0.2, 0) is 6.54 Å². The van der Waals surface area contributed by atoms with E-state index in [4.69, 9.17) is 0 Å². The van der Waals surface area contributed by atoms with Crippen LogP contribution in [0, 0.1) is 5.82 Å². The fraction of sp³-hybridized carbons (Fsp3) is 0.0625. The van der Waals surface area contributed by atoms with E-state index in [2.05, 4.69) is 15.3 Å². The summed E-state index contributed by atoms with van der Waals surface area (Å²) in [4.78, 5) is 20.6. The van der Waals surface area contributed by atoms with Crippen molar-refractivity contribution in [2.45, 2.75) is 6.54 Å². The van der Waals surface area contributed by atoms with Crippen LogP contribution in [0.2, 0.25) is 0 Å². The molecular formula is C16H12FN3O. The van der Waals surface area contributed by atoms with E-state index in [-0.39, 0.29) is 18.0 Å². The molecule has 0 aliphatic carbocycles. The Morgan fingerprint density at radius 2 is 1.90 bits per heavy atom. The number of carbonyl (C=O) groups excluding carboxylic acids is 1. The lowest BCUT2D eigenvalue weighted by atomic mass is 10.2. The van der Waals surface area contributed by atoms with Crippen molar-refractivity contribution in [3.05, 3.63) is 71.8 Å². The smallest absolute Gasteiger partial charge is 0.251 e. The second-order valence-electron chi connectivity index (χ2n) is 4.54. The molecule has 0 bridgehead atoms. The van der Waals surface area contributed by atoms with Gasteiger partial charge in [0.1, 0.15) is 5.82 Å². The maximum atomic E-state index is 13.1. The molecule has 21 heavy (non-hydrogen) atoms. The average molecular weight is 281 g/mol. The highest BCUT2D eigenvalue weighted by atomic mass is 19.1. The quantitative estimate of drug-likeness (QED) is 0.803. The topological polar surface area (TPSA) is 54.9 Å². The van der Waals surface area contributed by atoms with Gasteiger partial charge in [-0.1, -0.05) is 18.2 Å². The van der Waals surface area contributed by atoms with Gasteiger partial charge in [0.2, 0.25) is 0 Å². The van der Waals surface area contributed by atoms with Crippen LogP contribution in [-0.4, -0.2) is 15.9 Å². The second-order valence-corrected chi connectivity index (χ2v) is 4.54. The highest BCUT2D eigenvalue weighted by molar-refractivity contribution is 5.94. The number of carbonyl (C=O) groups is 1. The molecule has 0 spiro atoms. The molecule has 0 aliphatic heterocycles. The summed E-state index contributed by atoms with van der Waals surface area (Å²) in [6, 6.07) is 13.1. The van der Waals surface area contributed by atoms with E-state index < -0.39 is 5.82 Å². The highest BCUT2D eigenvalue weighted by Gasteiger charge is 2.07. The number of rotatable bonds is 3. The van der Waals surface area contributed by atoms with Crippen LogP contribution in [0.3, 0.4) is 0 Å². The van der Waals surface area contributed by atoms with Gasteiger partial charge in [-0.2, -0.15) is 0 Å². The third-order valence-corrected chi connectivity index (χ3v) is 3.02. The van der Waals surface area contributed by atoms with Gasteiger partial charge in [0.15, 0.2) is 0 Å². The van der Waals surface area contributed by atoms with Crippen LogP contribution in [0.5, 0.6) is 0 Å². The fourth-order valence-corrected chi connectivity index (χ4v) is 1.98. The highest BCUT2D eigenvalue weighted by Crippen LogP contribution is 2.08. The van der Waals surface area contributed by atoms with Crippen molar-refractivity contribution in [1.82, 2.24) is 15.3 Å². The van der Waals surface area contributed by atoms with E-state index in [1.54, 1.807) is 12.3 Å². The molecule has 5 heteroatoms. The number of amides is 1. The lowest BCUT2D eigenvalue weighted by Gasteiger charge is -2.05. The SMILES string of the molecule is O=C(NCc1cnc2ccccc2n1)c1cccc(F)c1. The summed E-state index contributed by atoms with van der Waals surface area (Å²) in [5.41, 5.74) is 2.51. The first-order chi connectivity index (χ1) is 10.2. The number of hydrogen-bond donors (Lipinski definition) is 1. The number of fused-ring (bicyclic) bond motifs is 1. The third kappa shape index (κ3) is 3.02. The van der Waals surface area contributed by atoms with Crippen molar-refractivity contribution in [1.29, 1.82) is 0 Å². The van der Waals surface area contributed by atoms with Gasteiger partial charge in [-0.3, -0.25) is 9.78 Å². The molecule has 0 saturated carbocycles. The van der Waals surface area contributed by atoms with Crippen LogP contribution in [0.15, 0.2) is 54.7 Å². The normalized spacial score (nSPS) is 10.5. The van der Waals surface area contributed by atoms with Gasteiger partial charge in [-0.15, -0.1) is 0 Å². The summed E-state index contributed by atoms with van der Waals surface area (Å²) in [7, 11) is 0. The Morgan fingerprint density at radius 1 is 1.10 bits per heavy atom. The molecule has 0 fully saturated rings. The van der Waals surface area contributed by atoms with Crippen molar-refractivity contribution in [2.75, 3.05) is 0 Å². The maximum Gasteiger partial charge on any atom is 0.251 e. The molecule has 2 aromatic carbocycles. The fourth-order valence-electron chi connectivity index (χ4n) is 1.98. The van der Waals surface area contributed by atoms with Crippen LogP contribution in [0.1, 0.15) is 16.1 Å². The minimum Gasteiger partial charge on any atom is -0.346 e. The van der Waals surface area contributed by atoms with Crippen molar-refractivity contribution in [3.8, 4) is 0 Å². The zero-order chi connectivity index (χ0) is 14.7. The number of nitrogens with one attached hydrogen (secondary N) is 1. The van der Waals surface area contributed by atoms with Crippen molar-refractivity contribution in [2.24, 2.45) is 0 Å². The molecule has 1 heterocycles. The van der Waals surface area contributed by atoms with Crippen molar-refractivity contribution in [3.63, 3.8) is 0 Å². The van der Waals surface area contributed by atoms with Gasteiger partial charge in [-0.25, -0.2) is 9.37 Å². The molecule has 1 amide bonds. The maximum absolute atomic E-state index is 13.1. The van der Waals surface area contributed by atoms with Gasteiger partial charge in [0.05, 0.1) is 29.5 Å². The Bertz CT molecular complexity index is 804. The minimum absolute atomic E-state index is 0.243. The lowest BCUT2D eigenvalue weighted by molar-refractivity contribution is 0.0950. The van der Waals surface area contributed by atoms with E-state index in [9.17, 15) is 9.18 Å². The van der Waals surface area contributed by atoms with Gasteiger partial charge in [0, 0.05) is 5.56 Å². The van der Waals surface area contributed by atoms with Crippen molar-refractivity contribution >= 4 is 16.9 Å². The monoisotopic (exact) mass is 281 g/mol. The number of hydrogen-bond acceptors (Lipinski definition) is 3. The van der Waals surface area contributed by atoms with Crippen LogP contribution in [0.4, 0.5) is 4.39 Å². The summed E-state index contributed by atoms with van der Waals surface area (Å²) in [5.74, 6) is -0.780. The lowest BCUT2D eigenvalue weighted by Crippen LogP contribution is -2.23. The first-order valence-corrected chi connectivity index (χ1v) is 6.47. The molecule has 0 radical (unpaired) electrons. The minimum atomic E-state index is -0.437. The number of nitrogens with zero attached hydrogens (tertiary/aromatic N) is 2. The summed E-state index contributed by atoms with van der Waals surface area (Å²) >= 11 is 0. The Balaban J connectivity index is 1.72. The Labute approximate surface area is 120 Å².